The van der Waals surface area contributed by atoms with Gasteiger partial charge in [-0.05, 0) is 37.7 Å². The van der Waals surface area contributed by atoms with Crippen LogP contribution in [0.2, 0.25) is 0 Å². The highest BCUT2D eigenvalue weighted by atomic mass is 79.9. The van der Waals surface area contributed by atoms with Crippen LogP contribution < -0.4 is 5.32 Å². The van der Waals surface area contributed by atoms with Gasteiger partial charge in [0.25, 0.3) is 0 Å². The standard InChI is InChI=1S/C15H25BrN2O/c1-4-9-17-10-15(12-19-3)18(2)11-13-5-7-14(16)8-6-13/h5-8,15,17H,4,9-12H2,1-3H3. The highest BCUT2D eigenvalue weighted by Crippen LogP contribution is 2.12. The summed E-state index contributed by atoms with van der Waals surface area (Å²) >= 11 is 3.46. The molecule has 0 saturated carbocycles. The molecule has 0 aliphatic rings. The van der Waals surface area contributed by atoms with Gasteiger partial charge in [0.1, 0.15) is 0 Å². The molecular formula is C15H25BrN2O. The van der Waals surface area contributed by atoms with Gasteiger partial charge in [-0.15, -0.1) is 0 Å². The molecule has 0 aliphatic heterocycles. The Balaban J connectivity index is 2.50. The summed E-state index contributed by atoms with van der Waals surface area (Å²) in [5.41, 5.74) is 1.32. The number of benzene rings is 1. The van der Waals surface area contributed by atoms with Gasteiger partial charge in [-0.2, -0.15) is 0 Å². The number of hydrogen-bond acceptors (Lipinski definition) is 3. The Bertz CT molecular complexity index is 343. The minimum Gasteiger partial charge on any atom is -0.383 e. The zero-order valence-corrected chi connectivity index (χ0v) is 13.7. The van der Waals surface area contributed by atoms with Crippen LogP contribution >= 0.6 is 15.9 Å². The number of rotatable bonds is 9. The van der Waals surface area contributed by atoms with Gasteiger partial charge in [0.05, 0.1) is 6.61 Å². The largest absolute Gasteiger partial charge is 0.383 e. The Labute approximate surface area is 125 Å². The van der Waals surface area contributed by atoms with Gasteiger partial charge in [-0.3, -0.25) is 4.90 Å². The Morgan fingerprint density at radius 1 is 1.32 bits per heavy atom. The van der Waals surface area contributed by atoms with Crippen molar-refractivity contribution in [2.75, 3.05) is 33.9 Å². The first kappa shape index (κ1) is 16.6. The van der Waals surface area contributed by atoms with Crippen molar-refractivity contribution in [2.24, 2.45) is 0 Å². The summed E-state index contributed by atoms with van der Waals surface area (Å²) in [5, 5.41) is 3.47. The van der Waals surface area contributed by atoms with Crippen molar-refractivity contribution >= 4 is 15.9 Å². The average molecular weight is 329 g/mol. The molecule has 0 aliphatic carbocycles. The molecule has 108 valence electrons. The first-order valence-corrected chi connectivity index (χ1v) is 7.61. The van der Waals surface area contributed by atoms with E-state index in [4.69, 9.17) is 4.74 Å². The molecule has 0 heterocycles. The van der Waals surface area contributed by atoms with Crippen molar-refractivity contribution in [2.45, 2.75) is 25.9 Å². The predicted octanol–water partition coefficient (Wildman–Crippen LogP) is 2.90. The lowest BCUT2D eigenvalue weighted by Crippen LogP contribution is -2.42. The number of hydrogen-bond donors (Lipinski definition) is 1. The molecule has 0 fully saturated rings. The summed E-state index contributed by atoms with van der Waals surface area (Å²) in [6, 6.07) is 8.89. The molecule has 3 nitrogen and oxygen atoms in total. The maximum atomic E-state index is 5.32. The van der Waals surface area contributed by atoms with E-state index in [1.54, 1.807) is 7.11 Å². The number of ether oxygens (including phenoxy) is 1. The first-order chi connectivity index (χ1) is 9.17. The first-order valence-electron chi connectivity index (χ1n) is 6.81. The van der Waals surface area contributed by atoms with Crippen LogP contribution in [0.5, 0.6) is 0 Å². The van der Waals surface area contributed by atoms with Crippen molar-refractivity contribution in [3.8, 4) is 0 Å². The van der Waals surface area contributed by atoms with Crippen LogP contribution in [0.15, 0.2) is 28.7 Å². The van der Waals surface area contributed by atoms with E-state index in [1.165, 1.54) is 5.56 Å². The fraction of sp³-hybridized carbons (Fsp3) is 0.600. The normalized spacial score (nSPS) is 12.9. The van der Waals surface area contributed by atoms with Crippen molar-refractivity contribution in [3.63, 3.8) is 0 Å². The SMILES string of the molecule is CCCNCC(COC)N(C)Cc1ccc(Br)cc1. The Kier molecular flexibility index (Phi) is 8.30. The molecule has 0 radical (unpaired) electrons. The van der Waals surface area contributed by atoms with Crippen LogP contribution in [0.1, 0.15) is 18.9 Å². The third kappa shape index (κ3) is 6.52. The average Bonchev–Trinajstić information content (AvgIpc) is 2.40. The monoisotopic (exact) mass is 328 g/mol. The maximum absolute atomic E-state index is 5.32. The molecule has 0 saturated heterocycles. The molecule has 0 amide bonds. The second kappa shape index (κ2) is 9.48. The summed E-state index contributed by atoms with van der Waals surface area (Å²) < 4.78 is 6.45. The van der Waals surface area contributed by atoms with Gasteiger partial charge >= 0.3 is 0 Å². The lowest BCUT2D eigenvalue weighted by Gasteiger charge is -2.28. The summed E-state index contributed by atoms with van der Waals surface area (Å²) in [6.45, 7) is 5.91. The van der Waals surface area contributed by atoms with E-state index >= 15 is 0 Å². The zero-order valence-electron chi connectivity index (χ0n) is 12.2. The molecule has 1 aromatic rings. The number of nitrogens with zero attached hydrogens (tertiary/aromatic N) is 1. The molecule has 1 rings (SSSR count). The lowest BCUT2D eigenvalue weighted by molar-refractivity contribution is 0.101. The molecular weight excluding hydrogens is 304 g/mol. The predicted molar refractivity (Wildman–Crippen MR) is 84.4 cm³/mol. The third-order valence-electron chi connectivity index (χ3n) is 3.13. The second-order valence-electron chi connectivity index (χ2n) is 4.85. The number of methoxy groups -OCH3 is 1. The lowest BCUT2D eigenvalue weighted by atomic mass is 10.2. The highest BCUT2D eigenvalue weighted by molar-refractivity contribution is 9.10. The maximum Gasteiger partial charge on any atom is 0.0630 e. The fourth-order valence-corrected chi connectivity index (χ4v) is 2.25. The van der Waals surface area contributed by atoms with Gasteiger partial charge in [-0.25, -0.2) is 0 Å². The van der Waals surface area contributed by atoms with Gasteiger partial charge in [0, 0.05) is 30.7 Å². The van der Waals surface area contributed by atoms with Crippen molar-refractivity contribution in [3.05, 3.63) is 34.3 Å². The molecule has 0 aromatic heterocycles. The summed E-state index contributed by atoms with van der Waals surface area (Å²) in [4.78, 5) is 2.34. The van der Waals surface area contributed by atoms with Crippen LogP contribution in [0.25, 0.3) is 0 Å². The quantitative estimate of drug-likeness (QED) is 0.705. The van der Waals surface area contributed by atoms with E-state index in [9.17, 15) is 0 Å². The minimum atomic E-state index is 0.403. The van der Waals surface area contributed by atoms with Gasteiger partial charge in [-0.1, -0.05) is 35.0 Å². The minimum absolute atomic E-state index is 0.403. The van der Waals surface area contributed by atoms with Crippen molar-refractivity contribution in [1.82, 2.24) is 10.2 Å². The topological polar surface area (TPSA) is 24.5 Å². The third-order valence-corrected chi connectivity index (χ3v) is 3.66. The number of halogens is 1. The van der Waals surface area contributed by atoms with Crippen LogP contribution in [-0.2, 0) is 11.3 Å². The zero-order chi connectivity index (χ0) is 14.1. The van der Waals surface area contributed by atoms with Crippen molar-refractivity contribution < 1.29 is 4.74 Å². The molecule has 1 aromatic carbocycles. The summed E-state index contributed by atoms with van der Waals surface area (Å²) in [5.74, 6) is 0. The van der Waals surface area contributed by atoms with E-state index in [2.05, 4.69) is 64.4 Å². The molecule has 1 unspecified atom stereocenters. The van der Waals surface area contributed by atoms with Gasteiger partial charge < -0.3 is 10.1 Å². The Morgan fingerprint density at radius 3 is 2.58 bits per heavy atom. The second-order valence-corrected chi connectivity index (χ2v) is 5.77. The smallest absolute Gasteiger partial charge is 0.0630 e. The van der Waals surface area contributed by atoms with E-state index < -0.39 is 0 Å². The van der Waals surface area contributed by atoms with Crippen LogP contribution in [-0.4, -0.2) is 44.8 Å². The van der Waals surface area contributed by atoms with E-state index in [1.807, 2.05) is 0 Å². The van der Waals surface area contributed by atoms with E-state index in [0.717, 1.165) is 37.1 Å². The molecule has 4 heteroatoms. The molecule has 0 bridgehead atoms. The van der Waals surface area contributed by atoms with E-state index in [-0.39, 0.29) is 0 Å². The summed E-state index contributed by atoms with van der Waals surface area (Å²) in [6.07, 6.45) is 1.16. The van der Waals surface area contributed by atoms with Crippen LogP contribution in [0.4, 0.5) is 0 Å². The Morgan fingerprint density at radius 2 is 2.00 bits per heavy atom. The van der Waals surface area contributed by atoms with Crippen LogP contribution in [0.3, 0.4) is 0 Å². The number of likely N-dealkylation sites (N-methyl/N-ethyl adjacent to an activating group) is 1. The fourth-order valence-electron chi connectivity index (χ4n) is 1.99. The van der Waals surface area contributed by atoms with Gasteiger partial charge in [0.2, 0.25) is 0 Å². The summed E-state index contributed by atoms with van der Waals surface area (Å²) in [7, 11) is 3.92. The Hall–Kier alpha value is -0.420. The van der Waals surface area contributed by atoms with Gasteiger partial charge in [0.15, 0.2) is 0 Å². The molecule has 0 spiro atoms. The molecule has 19 heavy (non-hydrogen) atoms. The number of nitrogens with one attached hydrogen (secondary N) is 1. The van der Waals surface area contributed by atoms with Crippen LogP contribution in [0, 0.1) is 0 Å². The highest BCUT2D eigenvalue weighted by Gasteiger charge is 2.14. The molecule has 1 atom stereocenters. The molecule has 1 N–H and O–H groups in total. The van der Waals surface area contributed by atoms with E-state index in [0.29, 0.717) is 6.04 Å². The van der Waals surface area contributed by atoms with Crippen molar-refractivity contribution in [1.29, 1.82) is 0 Å².